The van der Waals surface area contributed by atoms with Gasteiger partial charge in [0.15, 0.2) is 0 Å². The highest BCUT2D eigenvalue weighted by Crippen LogP contribution is 2.65. The van der Waals surface area contributed by atoms with E-state index in [1.54, 1.807) is 21.6 Å². The third-order valence-electron chi connectivity index (χ3n) is 8.88. The van der Waals surface area contributed by atoms with Crippen LogP contribution in [0.1, 0.15) is 54.4 Å². The lowest BCUT2D eigenvalue weighted by atomic mass is 9.74. The molecule has 1 aromatic carbocycles. The van der Waals surface area contributed by atoms with Crippen LogP contribution < -0.4 is 4.90 Å². The molecule has 2 fully saturated rings. The number of nitrogens with zero attached hydrogens (tertiary/aromatic N) is 3. The third kappa shape index (κ3) is 4.61. The lowest BCUT2D eigenvalue weighted by Gasteiger charge is -2.44. The molecule has 5 atom stereocenters. The van der Waals surface area contributed by atoms with Crippen LogP contribution in [0.25, 0.3) is 0 Å². The van der Waals surface area contributed by atoms with Crippen molar-refractivity contribution in [2.75, 3.05) is 31.1 Å². The van der Waals surface area contributed by atoms with Crippen molar-refractivity contribution in [3.8, 4) is 0 Å². The summed E-state index contributed by atoms with van der Waals surface area (Å²) >= 11 is 1.60. The van der Waals surface area contributed by atoms with Gasteiger partial charge in [0.2, 0.25) is 17.7 Å². The summed E-state index contributed by atoms with van der Waals surface area (Å²) in [6.07, 6.45) is 9.41. The van der Waals surface area contributed by atoms with E-state index >= 15 is 0 Å². The minimum Gasteiger partial charge on any atom is -0.396 e. The van der Waals surface area contributed by atoms with E-state index in [1.807, 2.05) is 54.3 Å². The average Bonchev–Trinajstić information content (AvgIpc) is 3.12. The lowest BCUT2D eigenvalue weighted by Crippen LogP contribution is -2.58. The van der Waals surface area contributed by atoms with E-state index in [1.165, 1.54) is 0 Å². The fourth-order valence-corrected chi connectivity index (χ4v) is 9.94. The molecule has 8 heteroatoms. The second kappa shape index (κ2) is 10.1. The van der Waals surface area contributed by atoms with Gasteiger partial charge >= 0.3 is 0 Å². The summed E-state index contributed by atoms with van der Waals surface area (Å²) in [5, 5.41) is 9.69. The van der Waals surface area contributed by atoms with Gasteiger partial charge in [-0.1, -0.05) is 63.3 Å². The molecule has 0 aromatic heterocycles. The predicted octanol–water partition coefficient (Wildman–Crippen LogP) is 4.27. The summed E-state index contributed by atoms with van der Waals surface area (Å²) in [7, 11) is 0. The van der Waals surface area contributed by atoms with Crippen molar-refractivity contribution in [2.24, 2.45) is 17.3 Å². The monoisotopic (exact) mass is 565 g/mol. The molecule has 3 amide bonds. The van der Waals surface area contributed by atoms with Gasteiger partial charge in [0.25, 0.3) is 0 Å². The number of carbonyl (C=O) groups excluding carboxylic acids is 3. The molecule has 4 heterocycles. The number of hydrogen-bond acceptors (Lipinski definition) is 5. The van der Waals surface area contributed by atoms with Crippen molar-refractivity contribution in [1.29, 1.82) is 0 Å². The predicted molar refractivity (Wildman–Crippen MR) is 160 cm³/mol. The standard InChI is InChI=1S/C32H43N3O4S/c1-29(2,3)21-30(4,5)35-19-11-16-32-24(27(38)34(18-12-20-36)25(32)28(35)39)23-26(37)33(22-13-8-7-9-14-22)17-10-15-31(23,6)40-32/h7-11,13-16,23-25,36H,12,17-21H2,1-6H3/t23-,24-,25?,31+,32-/m0/s1. The summed E-state index contributed by atoms with van der Waals surface area (Å²) in [5.74, 6) is -1.63. The van der Waals surface area contributed by atoms with Crippen molar-refractivity contribution in [3.63, 3.8) is 0 Å². The molecule has 0 saturated carbocycles. The fraction of sp³-hybridized carbons (Fsp3) is 0.594. The SMILES string of the molecule is CC(C)(C)CC(C)(C)N1CC=C[C@]23S[C@]4(C)C=CCN(c5ccccc5)C(=O)[C@@H]4[C@H]2C(=O)N(CCCO)C3C1=O. The summed E-state index contributed by atoms with van der Waals surface area (Å²) in [6, 6.07) is 8.84. The van der Waals surface area contributed by atoms with Crippen LogP contribution in [-0.4, -0.2) is 79.9 Å². The summed E-state index contributed by atoms with van der Waals surface area (Å²) < 4.78 is -1.53. The molecule has 1 spiro atoms. The average molecular weight is 566 g/mol. The number of rotatable bonds is 6. The molecule has 1 aromatic rings. The van der Waals surface area contributed by atoms with Crippen LogP contribution in [0.2, 0.25) is 0 Å². The Balaban J connectivity index is 1.61. The number of carbonyl (C=O) groups is 3. The lowest BCUT2D eigenvalue weighted by molar-refractivity contribution is -0.146. The van der Waals surface area contributed by atoms with E-state index in [0.29, 0.717) is 19.5 Å². The van der Waals surface area contributed by atoms with Crippen LogP contribution in [-0.2, 0) is 14.4 Å². The van der Waals surface area contributed by atoms with Gasteiger partial charge in [-0.25, -0.2) is 0 Å². The van der Waals surface area contributed by atoms with E-state index in [9.17, 15) is 19.5 Å². The van der Waals surface area contributed by atoms with Gasteiger partial charge in [0.1, 0.15) is 6.04 Å². The molecular weight excluding hydrogens is 522 g/mol. The maximum atomic E-state index is 14.7. The Hall–Kier alpha value is -2.58. The Labute approximate surface area is 242 Å². The van der Waals surface area contributed by atoms with E-state index in [4.69, 9.17) is 0 Å². The highest BCUT2D eigenvalue weighted by Gasteiger charge is 2.74. The molecule has 1 N–H and O–H groups in total. The third-order valence-corrected chi connectivity index (χ3v) is 10.7. The van der Waals surface area contributed by atoms with Gasteiger partial charge in [-0.05, 0) is 51.2 Å². The Morgan fingerprint density at radius 2 is 1.60 bits per heavy atom. The molecule has 216 valence electrons. The Morgan fingerprint density at radius 1 is 0.925 bits per heavy atom. The molecule has 2 saturated heterocycles. The number of likely N-dealkylation sites (tertiary alicyclic amines) is 1. The van der Waals surface area contributed by atoms with Crippen molar-refractivity contribution in [1.82, 2.24) is 9.80 Å². The van der Waals surface area contributed by atoms with E-state index in [0.717, 1.165) is 12.1 Å². The van der Waals surface area contributed by atoms with Crippen molar-refractivity contribution < 1.29 is 19.5 Å². The smallest absolute Gasteiger partial charge is 0.247 e. The summed E-state index contributed by atoms with van der Waals surface area (Å²) in [5.41, 5.74) is 0.365. The molecule has 5 rings (SSSR count). The van der Waals surface area contributed by atoms with Crippen LogP contribution in [0.3, 0.4) is 0 Å². The minimum absolute atomic E-state index is 0.00296. The number of amides is 3. The zero-order chi connectivity index (χ0) is 29.1. The second-order valence-electron chi connectivity index (χ2n) is 13.7. The molecule has 0 aliphatic carbocycles. The summed E-state index contributed by atoms with van der Waals surface area (Å²) in [4.78, 5) is 48.9. The number of benzene rings is 1. The van der Waals surface area contributed by atoms with Crippen LogP contribution >= 0.6 is 11.8 Å². The van der Waals surface area contributed by atoms with E-state index < -0.39 is 32.9 Å². The van der Waals surface area contributed by atoms with Crippen molar-refractivity contribution in [2.45, 2.75) is 75.5 Å². The number of para-hydroxylation sites is 1. The number of aliphatic hydroxyl groups is 1. The molecule has 7 nitrogen and oxygen atoms in total. The molecule has 0 radical (unpaired) electrons. The normalized spacial score (nSPS) is 32.2. The molecule has 1 unspecified atom stereocenters. The van der Waals surface area contributed by atoms with Gasteiger partial charge in [-0.15, -0.1) is 11.8 Å². The first-order valence-electron chi connectivity index (χ1n) is 14.4. The number of fused-ring (bicyclic) bond motifs is 2. The Morgan fingerprint density at radius 3 is 2.25 bits per heavy atom. The van der Waals surface area contributed by atoms with Gasteiger partial charge in [0, 0.05) is 42.2 Å². The van der Waals surface area contributed by atoms with Gasteiger partial charge in [-0.3, -0.25) is 14.4 Å². The number of hydrogen-bond donors (Lipinski definition) is 1. The highest BCUT2D eigenvalue weighted by atomic mass is 32.2. The Kier molecular flexibility index (Phi) is 7.27. The van der Waals surface area contributed by atoms with Crippen molar-refractivity contribution >= 4 is 35.2 Å². The zero-order valence-corrected chi connectivity index (χ0v) is 25.4. The van der Waals surface area contributed by atoms with Crippen LogP contribution in [0, 0.1) is 17.3 Å². The first kappa shape index (κ1) is 28.9. The maximum absolute atomic E-state index is 14.7. The Bertz CT molecular complexity index is 1240. The zero-order valence-electron chi connectivity index (χ0n) is 24.6. The van der Waals surface area contributed by atoms with Gasteiger partial charge in [0.05, 0.1) is 16.6 Å². The van der Waals surface area contributed by atoms with E-state index in [2.05, 4.69) is 46.8 Å². The molecule has 4 aliphatic rings. The molecule has 4 aliphatic heterocycles. The topological polar surface area (TPSA) is 81.2 Å². The number of thioether (sulfide) groups is 1. The molecule has 0 bridgehead atoms. The fourth-order valence-electron chi connectivity index (χ4n) is 7.78. The quantitative estimate of drug-likeness (QED) is 0.521. The van der Waals surface area contributed by atoms with Gasteiger partial charge < -0.3 is 19.8 Å². The molecule has 40 heavy (non-hydrogen) atoms. The highest BCUT2D eigenvalue weighted by molar-refractivity contribution is 8.02. The maximum Gasteiger partial charge on any atom is 0.247 e. The summed E-state index contributed by atoms with van der Waals surface area (Å²) in [6.45, 7) is 13.9. The first-order chi connectivity index (χ1) is 18.8. The first-order valence-corrected chi connectivity index (χ1v) is 15.2. The largest absolute Gasteiger partial charge is 0.396 e. The number of aliphatic hydroxyl groups excluding tert-OH is 1. The van der Waals surface area contributed by atoms with Crippen LogP contribution in [0.15, 0.2) is 54.6 Å². The van der Waals surface area contributed by atoms with E-state index in [-0.39, 0.29) is 36.3 Å². The van der Waals surface area contributed by atoms with Crippen LogP contribution in [0.5, 0.6) is 0 Å². The minimum atomic E-state index is -0.880. The number of anilines is 1. The van der Waals surface area contributed by atoms with Gasteiger partial charge in [-0.2, -0.15) is 0 Å². The second-order valence-corrected chi connectivity index (χ2v) is 15.5. The van der Waals surface area contributed by atoms with Crippen molar-refractivity contribution in [3.05, 3.63) is 54.6 Å². The molecular formula is C32H43N3O4S. The van der Waals surface area contributed by atoms with Crippen LogP contribution in [0.4, 0.5) is 5.69 Å².